The standard InChI is InChI=1S/C21H30N4O/c1-15-7-8-19(18-6-5-11-22-20(15)18)25-12-9-17(10-13-25)21(26)23-16(2)14-24(3)4/h5-8,11,16-17H,9-10,12-14H2,1-4H3,(H,23,26). The van der Waals surface area contributed by atoms with Gasteiger partial charge >= 0.3 is 0 Å². The Bertz CT molecular complexity index is 766. The molecular formula is C21H30N4O. The number of aromatic nitrogens is 1. The van der Waals surface area contributed by atoms with Gasteiger partial charge in [-0.25, -0.2) is 0 Å². The molecule has 1 atom stereocenters. The molecule has 2 aromatic rings. The van der Waals surface area contributed by atoms with Crippen molar-refractivity contribution in [3.63, 3.8) is 0 Å². The molecule has 0 bridgehead atoms. The van der Waals surface area contributed by atoms with Gasteiger partial charge in [0.2, 0.25) is 5.91 Å². The van der Waals surface area contributed by atoms with Crippen molar-refractivity contribution in [3.05, 3.63) is 36.0 Å². The number of amides is 1. The highest BCUT2D eigenvalue weighted by Gasteiger charge is 2.26. The Morgan fingerprint density at radius 2 is 2.04 bits per heavy atom. The second kappa shape index (κ2) is 8.04. The van der Waals surface area contributed by atoms with Crippen molar-refractivity contribution in [1.29, 1.82) is 0 Å². The molecule has 5 heteroatoms. The van der Waals surface area contributed by atoms with Crippen molar-refractivity contribution < 1.29 is 4.79 Å². The lowest BCUT2D eigenvalue weighted by Crippen LogP contribution is -2.45. The Morgan fingerprint density at radius 1 is 1.31 bits per heavy atom. The van der Waals surface area contributed by atoms with Crippen LogP contribution in [0.5, 0.6) is 0 Å². The lowest BCUT2D eigenvalue weighted by atomic mass is 9.94. The third-order valence-corrected chi connectivity index (χ3v) is 5.18. The normalized spacial score (nSPS) is 16.9. The van der Waals surface area contributed by atoms with E-state index in [-0.39, 0.29) is 17.9 Å². The highest BCUT2D eigenvalue weighted by molar-refractivity contribution is 5.93. The van der Waals surface area contributed by atoms with Crippen LogP contribution in [-0.2, 0) is 4.79 Å². The number of pyridine rings is 1. The molecule has 1 aromatic carbocycles. The quantitative estimate of drug-likeness (QED) is 0.897. The number of piperidine rings is 1. The average molecular weight is 354 g/mol. The second-order valence-electron chi connectivity index (χ2n) is 7.73. The van der Waals surface area contributed by atoms with Gasteiger partial charge in [0.05, 0.1) is 5.52 Å². The molecule has 1 unspecified atom stereocenters. The fourth-order valence-electron chi connectivity index (χ4n) is 3.91. The van der Waals surface area contributed by atoms with Crippen molar-refractivity contribution in [2.24, 2.45) is 5.92 Å². The van der Waals surface area contributed by atoms with Gasteiger partial charge in [-0.15, -0.1) is 0 Å². The number of nitrogens with one attached hydrogen (secondary N) is 1. The first kappa shape index (κ1) is 18.6. The summed E-state index contributed by atoms with van der Waals surface area (Å²) in [5.41, 5.74) is 3.51. The minimum atomic E-state index is 0.116. The summed E-state index contributed by atoms with van der Waals surface area (Å²) in [5, 5.41) is 4.37. The number of carbonyl (C=O) groups excluding carboxylic acids is 1. The fraction of sp³-hybridized carbons (Fsp3) is 0.524. The first-order valence-electron chi connectivity index (χ1n) is 9.50. The summed E-state index contributed by atoms with van der Waals surface area (Å²) in [5.74, 6) is 0.320. The van der Waals surface area contributed by atoms with E-state index in [4.69, 9.17) is 0 Å². The number of nitrogens with zero attached hydrogens (tertiary/aromatic N) is 3. The van der Waals surface area contributed by atoms with E-state index in [2.05, 4.69) is 52.1 Å². The third-order valence-electron chi connectivity index (χ3n) is 5.18. The molecule has 1 aliphatic rings. The summed E-state index contributed by atoms with van der Waals surface area (Å²) in [6, 6.07) is 8.66. The predicted octanol–water partition coefficient (Wildman–Crippen LogP) is 2.83. The zero-order chi connectivity index (χ0) is 18.7. The SMILES string of the molecule is Cc1ccc(N2CCC(C(=O)NC(C)CN(C)C)CC2)c2cccnc12. The van der Waals surface area contributed by atoms with Gasteiger partial charge in [-0.3, -0.25) is 9.78 Å². The summed E-state index contributed by atoms with van der Waals surface area (Å²) in [4.78, 5) is 21.6. The van der Waals surface area contributed by atoms with Gasteiger partial charge in [0.1, 0.15) is 0 Å². The van der Waals surface area contributed by atoms with Gasteiger partial charge in [-0.1, -0.05) is 6.07 Å². The van der Waals surface area contributed by atoms with Crippen LogP contribution in [0.4, 0.5) is 5.69 Å². The minimum Gasteiger partial charge on any atom is -0.371 e. The van der Waals surface area contributed by atoms with Crippen LogP contribution in [0.25, 0.3) is 10.9 Å². The molecule has 0 saturated carbocycles. The largest absolute Gasteiger partial charge is 0.371 e. The summed E-state index contributed by atoms with van der Waals surface area (Å²) >= 11 is 0. The molecule has 1 saturated heterocycles. The molecule has 1 N–H and O–H groups in total. The zero-order valence-electron chi connectivity index (χ0n) is 16.3. The molecule has 1 aromatic heterocycles. The monoisotopic (exact) mass is 354 g/mol. The van der Waals surface area contributed by atoms with E-state index in [0.29, 0.717) is 0 Å². The average Bonchev–Trinajstić information content (AvgIpc) is 2.62. The maximum atomic E-state index is 12.5. The number of fused-ring (bicyclic) bond motifs is 1. The number of hydrogen-bond donors (Lipinski definition) is 1. The van der Waals surface area contributed by atoms with Gasteiger partial charge in [0.25, 0.3) is 0 Å². The molecule has 2 heterocycles. The summed E-state index contributed by atoms with van der Waals surface area (Å²) < 4.78 is 0. The van der Waals surface area contributed by atoms with Crippen LogP contribution in [-0.4, -0.2) is 55.6 Å². The van der Waals surface area contributed by atoms with E-state index in [1.54, 1.807) is 0 Å². The molecule has 3 rings (SSSR count). The molecule has 5 nitrogen and oxygen atoms in total. The molecule has 0 radical (unpaired) electrons. The van der Waals surface area contributed by atoms with Gasteiger partial charge < -0.3 is 15.1 Å². The molecule has 1 amide bonds. The Kier molecular flexibility index (Phi) is 5.77. The molecule has 26 heavy (non-hydrogen) atoms. The number of anilines is 1. The number of benzene rings is 1. The number of rotatable bonds is 5. The van der Waals surface area contributed by atoms with Gasteiger partial charge in [-0.05, 0) is 64.5 Å². The van der Waals surface area contributed by atoms with Gasteiger partial charge in [0, 0.05) is 48.9 Å². The smallest absolute Gasteiger partial charge is 0.223 e. The van der Waals surface area contributed by atoms with E-state index in [9.17, 15) is 4.79 Å². The van der Waals surface area contributed by atoms with Crippen LogP contribution in [0.2, 0.25) is 0 Å². The predicted molar refractivity (Wildman–Crippen MR) is 108 cm³/mol. The lowest BCUT2D eigenvalue weighted by Gasteiger charge is -2.34. The van der Waals surface area contributed by atoms with Crippen molar-refractivity contribution in [2.45, 2.75) is 32.7 Å². The number of hydrogen-bond acceptors (Lipinski definition) is 4. The van der Waals surface area contributed by atoms with E-state index in [0.717, 1.165) is 38.0 Å². The van der Waals surface area contributed by atoms with Gasteiger partial charge in [0.15, 0.2) is 0 Å². The van der Waals surface area contributed by atoms with Crippen LogP contribution in [0.1, 0.15) is 25.3 Å². The van der Waals surface area contributed by atoms with Crippen molar-refractivity contribution >= 4 is 22.5 Å². The van der Waals surface area contributed by atoms with E-state index < -0.39 is 0 Å². The topological polar surface area (TPSA) is 48.5 Å². The zero-order valence-corrected chi connectivity index (χ0v) is 16.3. The van der Waals surface area contributed by atoms with Gasteiger partial charge in [-0.2, -0.15) is 0 Å². The minimum absolute atomic E-state index is 0.116. The molecule has 1 aliphatic heterocycles. The van der Waals surface area contributed by atoms with Crippen molar-refractivity contribution in [3.8, 4) is 0 Å². The van der Waals surface area contributed by atoms with E-state index >= 15 is 0 Å². The van der Waals surface area contributed by atoms with Crippen LogP contribution in [0.3, 0.4) is 0 Å². The second-order valence-corrected chi connectivity index (χ2v) is 7.73. The highest BCUT2D eigenvalue weighted by Crippen LogP contribution is 2.31. The molecule has 0 spiro atoms. The van der Waals surface area contributed by atoms with Crippen LogP contribution < -0.4 is 10.2 Å². The highest BCUT2D eigenvalue weighted by atomic mass is 16.1. The fourth-order valence-corrected chi connectivity index (χ4v) is 3.91. The first-order valence-corrected chi connectivity index (χ1v) is 9.50. The Balaban J connectivity index is 1.64. The van der Waals surface area contributed by atoms with Crippen molar-refractivity contribution in [1.82, 2.24) is 15.2 Å². The maximum absolute atomic E-state index is 12.5. The lowest BCUT2D eigenvalue weighted by molar-refractivity contribution is -0.126. The summed E-state index contributed by atoms with van der Waals surface area (Å²) in [6.45, 7) is 6.86. The Hall–Kier alpha value is -2.14. The van der Waals surface area contributed by atoms with Crippen LogP contribution in [0.15, 0.2) is 30.5 Å². The number of aryl methyl sites for hydroxylation is 1. The van der Waals surface area contributed by atoms with E-state index in [1.807, 2.05) is 26.4 Å². The Morgan fingerprint density at radius 3 is 2.73 bits per heavy atom. The van der Waals surface area contributed by atoms with Crippen LogP contribution in [0, 0.1) is 12.8 Å². The van der Waals surface area contributed by atoms with Crippen molar-refractivity contribution in [2.75, 3.05) is 38.6 Å². The van der Waals surface area contributed by atoms with E-state index in [1.165, 1.54) is 16.6 Å². The first-order chi connectivity index (χ1) is 12.5. The third kappa shape index (κ3) is 4.15. The molecule has 140 valence electrons. The summed E-state index contributed by atoms with van der Waals surface area (Å²) in [7, 11) is 4.06. The summed E-state index contributed by atoms with van der Waals surface area (Å²) in [6.07, 6.45) is 3.65. The number of likely N-dealkylation sites (N-methyl/N-ethyl adjacent to an activating group) is 1. The molecule has 1 fully saturated rings. The Labute approximate surface area is 156 Å². The van der Waals surface area contributed by atoms with Crippen LogP contribution >= 0.6 is 0 Å². The molecular weight excluding hydrogens is 324 g/mol. The maximum Gasteiger partial charge on any atom is 0.223 e. The number of carbonyl (C=O) groups is 1. The molecule has 0 aliphatic carbocycles.